The van der Waals surface area contributed by atoms with E-state index in [1.807, 2.05) is 36.1 Å². The van der Waals surface area contributed by atoms with Crippen molar-refractivity contribution in [1.29, 1.82) is 0 Å². The molecular formula is C29H31N5O5S2. The molecular weight excluding hydrogens is 562 g/mol. The average molecular weight is 594 g/mol. The number of piperidine rings is 1. The van der Waals surface area contributed by atoms with Gasteiger partial charge in [0.25, 0.3) is 11.5 Å². The summed E-state index contributed by atoms with van der Waals surface area (Å²) in [4.78, 5) is 47.8. The number of primary amides is 1. The molecule has 0 saturated carbocycles. The normalized spacial score (nSPS) is 17.1. The van der Waals surface area contributed by atoms with Crippen molar-refractivity contribution in [3.63, 3.8) is 0 Å². The van der Waals surface area contributed by atoms with Gasteiger partial charge in [0.2, 0.25) is 5.91 Å². The zero-order chi connectivity index (χ0) is 29.3. The number of methoxy groups -OCH3 is 2. The van der Waals surface area contributed by atoms with Gasteiger partial charge in [0, 0.05) is 31.7 Å². The van der Waals surface area contributed by atoms with Crippen molar-refractivity contribution in [1.82, 2.24) is 14.3 Å². The standard InChI is InChI=1S/C29H31N5O5S2/c1-17-5-4-11-33-25(17)31-26(32-12-9-19(10-13-32)24(30)35)20(27(33)36)16-23-28(37)34(29(40)41-23)14-8-18-6-7-21(38-2)22(15-18)39-3/h4-7,11,15-16,19H,8-10,12-14H2,1-3H3,(H2,30,35). The summed E-state index contributed by atoms with van der Waals surface area (Å²) in [5.41, 5.74) is 7.93. The first-order valence-electron chi connectivity index (χ1n) is 13.2. The molecule has 0 atom stereocenters. The highest BCUT2D eigenvalue weighted by atomic mass is 32.2. The molecule has 12 heteroatoms. The Labute approximate surface area is 247 Å². The van der Waals surface area contributed by atoms with Crippen LogP contribution in [-0.4, -0.2) is 64.3 Å². The molecule has 0 unspecified atom stereocenters. The second kappa shape index (κ2) is 11.9. The zero-order valence-electron chi connectivity index (χ0n) is 23.1. The van der Waals surface area contributed by atoms with Gasteiger partial charge in [-0.2, -0.15) is 0 Å². The molecule has 0 radical (unpaired) electrons. The number of hydrogen-bond acceptors (Lipinski definition) is 9. The first-order chi connectivity index (χ1) is 19.7. The van der Waals surface area contributed by atoms with Crippen LogP contribution in [-0.2, 0) is 16.0 Å². The molecule has 0 spiro atoms. The van der Waals surface area contributed by atoms with E-state index in [9.17, 15) is 14.4 Å². The number of aryl methyl sites for hydroxylation is 1. The number of carbonyl (C=O) groups is 2. The van der Waals surface area contributed by atoms with E-state index in [0.29, 0.717) is 76.6 Å². The molecule has 1 aromatic carbocycles. The number of hydrogen-bond donors (Lipinski definition) is 1. The maximum atomic E-state index is 13.8. The third kappa shape index (κ3) is 5.66. The van der Waals surface area contributed by atoms with E-state index in [1.54, 1.807) is 37.5 Å². The van der Waals surface area contributed by atoms with Gasteiger partial charge < -0.3 is 20.1 Å². The lowest BCUT2D eigenvalue weighted by molar-refractivity contribution is -0.123. The Morgan fingerprint density at radius 3 is 2.59 bits per heavy atom. The number of fused-ring (bicyclic) bond motifs is 1. The Balaban J connectivity index is 1.46. The minimum atomic E-state index is -0.316. The third-order valence-electron chi connectivity index (χ3n) is 7.48. The van der Waals surface area contributed by atoms with E-state index in [2.05, 4.69) is 0 Å². The first-order valence-corrected chi connectivity index (χ1v) is 14.5. The SMILES string of the molecule is COc1ccc(CCN2C(=O)C(=Cc3c(N4CCC(C(N)=O)CC4)nc4c(C)cccn4c3=O)SC2=S)cc1OC. The summed E-state index contributed by atoms with van der Waals surface area (Å²) < 4.78 is 12.6. The lowest BCUT2D eigenvalue weighted by atomic mass is 9.96. The van der Waals surface area contributed by atoms with Crippen LogP contribution in [0.2, 0.25) is 0 Å². The van der Waals surface area contributed by atoms with Crippen molar-refractivity contribution in [3.8, 4) is 11.5 Å². The Morgan fingerprint density at radius 1 is 1.17 bits per heavy atom. The van der Waals surface area contributed by atoms with Gasteiger partial charge in [0.15, 0.2) is 11.5 Å². The number of amides is 2. The summed E-state index contributed by atoms with van der Waals surface area (Å²) in [6.07, 6.45) is 4.98. The number of carbonyl (C=O) groups excluding carboxylic acids is 2. The lowest BCUT2D eigenvalue weighted by Gasteiger charge is -2.32. The largest absolute Gasteiger partial charge is 0.493 e. The van der Waals surface area contributed by atoms with Crippen LogP contribution < -0.4 is 25.7 Å². The van der Waals surface area contributed by atoms with Gasteiger partial charge in [-0.15, -0.1) is 0 Å². The topological polar surface area (TPSA) is 119 Å². The van der Waals surface area contributed by atoms with Crippen molar-refractivity contribution < 1.29 is 19.1 Å². The molecule has 2 aliphatic heterocycles. The molecule has 4 heterocycles. The highest BCUT2D eigenvalue weighted by Gasteiger charge is 2.33. The van der Waals surface area contributed by atoms with Crippen LogP contribution >= 0.6 is 24.0 Å². The number of rotatable bonds is 8. The van der Waals surface area contributed by atoms with Gasteiger partial charge in [-0.3, -0.25) is 23.7 Å². The third-order valence-corrected chi connectivity index (χ3v) is 8.86. The van der Waals surface area contributed by atoms with Crippen LogP contribution in [0.3, 0.4) is 0 Å². The number of thioether (sulfide) groups is 1. The molecule has 5 rings (SSSR count). The molecule has 3 aromatic rings. The summed E-state index contributed by atoms with van der Waals surface area (Å²) in [6, 6.07) is 9.32. The number of pyridine rings is 1. The van der Waals surface area contributed by atoms with E-state index < -0.39 is 0 Å². The molecule has 2 aliphatic rings. The minimum absolute atomic E-state index is 0.208. The molecule has 2 saturated heterocycles. The average Bonchev–Trinajstić information content (AvgIpc) is 3.24. The summed E-state index contributed by atoms with van der Waals surface area (Å²) in [7, 11) is 3.16. The second-order valence-corrected chi connectivity index (χ2v) is 11.7. The number of anilines is 1. The van der Waals surface area contributed by atoms with Crippen LogP contribution in [0.4, 0.5) is 5.82 Å². The van der Waals surface area contributed by atoms with E-state index >= 15 is 0 Å². The first kappa shape index (κ1) is 28.6. The van der Waals surface area contributed by atoms with Crippen LogP contribution in [0, 0.1) is 12.8 Å². The molecule has 2 amide bonds. The predicted octanol–water partition coefficient (Wildman–Crippen LogP) is 3.17. The number of benzene rings is 1. The molecule has 0 aliphatic carbocycles. The van der Waals surface area contributed by atoms with Crippen LogP contribution in [0.15, 0.2) is 46.2 Å². The maximum absolute atomic E-state index is 13.8. The molecule has 0 bridgehead atoms. The van der Waals surface area contributed by atoms with Gasteiger partial charge in [0.05, 0.1) is 24.7 Å². The van der Waals surface area contributed by atoms with Crippen LogP contribution in [0.5, 0.6) is 11.5 Å². The van der Waals surface area contributed by atoms with E-state index in [-0.39, 0.29) is 23.3 Å². The smallest absolute Gasteiger partial charge is 0.267 e. The highest BCUT2D eigenvalue weighted by Crippen LogP contribution is 2.35. The molecule has 2 aromatic heterocycles. The fourth-order valence-corrected chi connectivity index (χ4v) is 6.43. The quantitative estimate of drug-likeness (QED) is 0.310. The van der Waals surface area contributed by atoms with Gasteiger partial charge in [0.1, 0.15) is 15.8 Å². The van der Waals surface area contributed by atoms with Crippen molar-refractivity contribution in [2.24, 2.45) is 11.7 Å². The van der Waals surface area contributed by atoms with E-state index in [0.717, 1.165) is 11.1 Å². The Kier molecular flexibility index (Phi) is 8.32. The zero-order valence-corrected chi connectivity index (χ0v) is 24.7. The summed E-state index contributed by atoms with van der Waals surface area (Å²) in [6.45, 7) is 3.32. The fourth-order valence-electron chi connectivity index (χ4n) is 5.14. The lowest BCUT2D eigenvalue weighted by Crippen LogP contribution is -2.40. The van der Waals surface area contributed by atoms with Gasteiger partial charge in [-0.25, -0.2) is 4.98 Å². The molecule has 2 fully saturated rings. The highest BCUT2D eigenvalue weighted by molar-refractivity contribution is 8.26. The predicted molar refractivity (Wildman–Crippen MR) is 163 cm³/mol. The molecule has 2 N–H and O–H groups in total. The van der Waals surface area contributed by atoms with Crippen molar-refractivity contribution in [2.45, 2.75) is 26.2 Å². The van der Waals surface area contributed by atoms with Crippen LogP contribution in [0.1, 0.15) is 29.5 Å². The van der Waals surface area contributed by atoms with E-state index in [1.165, 1.54) is 16.2 Å². The Morgan fingerprint density at radius 2 is 1.90 bits per heavy atom. The maximum Gasteiger partial charge on any atom is 0.267 e. The summed E-state index contributed by atoms with van der Waals surface area (Å²) >= 11 is 6.74. The minimum Gasteiger partial charge on any atom is -0.493 e. The Hall–Kier alpha value is -3.90. The fraction of sp³-hybridized carbons (Fsp3) is 0.345. The summed E-state index contributed by atoms with van der Waals surface area (Å²) in [5, 5.41) is 0. The van der Waals surface area contributed by atoms with Crippen LogP contribution in [0.25, 0.3) is 11.7 Å². The van der Waals surface area contributed by atoms with Gasteiger partial charge in [-0.05, 0) is 61.6 Å². The summed E-state index contributed by atoms with van der Waals surface area (Å²) in [5.74, 6) is 0.950. The number of aromatic nitrogens is 2. The molecule has 41 heavy (non-hydrogen) atoms. The molecule has 214 valence electrons. The van der Waals surface area contributed by atoms with Gasteiger partial charge in [-0.1, -0.05) is 36.1 Å². The molecule has 10 nitrogen and oxygen atoms in total. The van der Waals surface area contributed by atoms with Crippen molar-refractivity contribution >= 4 is 57.7 Å². The number of thiocarbonyl (C=S) groups is 1. The monoisotopic (exact) mass is 593 g/mol. The second-order valence-electron chi connectivity index (χ2n) is 9.98. The van der Waals surface area contributed by atoms with E-state index in [4.69, 9.17) is 32.4 Å². The van der Waals surface area contributed by atoms with Crippen molar-refractivity contribution in [3.05, 3.63) is 68.5 Å². The van der Waals surface area contributed by atoms with Gasteiger partial charge >= 0.3 is 0 Å². The number of ether oxygens (including phenoxy) is 2. The number of nitrogens with two attached hydrogens (primary N) is 1. The number of nitrogens with zero attached hydrogens (tertiary/aromatic N) is 4. The Bertz CT molecular complexity index is 1630. The van der Waals surface area contributed by atoms with Crippen molar-refractivity contribution in [2.75, 3.05) is 38.8 Å².